The van der Waals surface area contributed by atoms with Gasteiger partial charge >= 0.3 is 0 Å². The number of hydrogen-bond acceptors (Lipinski definition) is 5. The number of carbonyl (C=O) groups excluding carboxylic acids is 2. The lowest BCUT2D eigenvalue weighted by Gasteiger charge is -2.32. The number of hydrogen-bond donors (Lipinski definition) is 1. The molecule has 0 aliphatic carbocycles. The minimum Gasteiger partial charge on any atom is -0.368 e. The minimum atomic E-state index is -0.608. The van der Waals surface area contributed by atoms with Gasteiger partial charge in [-0.25, -0.2) is 0 Å². The van der Waals surface area contributed by atoms with E-state index in [1.807, 2.05) is 37.4 Å². The molecule has 7 nitrogen and oxygen atoms in total. The Labute approximate surface area is 135 Å². The first-order chi connectivity index (χ1) is 11.1. The zero-order valence-corrected chi connectivity index (χ0v) is 13.2. The number of benzene rings is 1. The van der Waals surface area contributed by atoms with Crippen molar-refractivity contribution in [2.75, 3.05) is 38.2 Å². The summed E-state index contributed by atoms with van der Waals surface area (Å²) in [5.41, 5.74) is 6.67. The third kappa shape index (κ3) is 3.19. The number of piperazine rings is 1. The van der Waals surface area contributed by atoms with Crippen molar-refractivity contribution >= 4 is 23.2 Å². The molecule has 0 saturated carbocycles. The Morgan fingerprint density at radius 2 is 1.78 bits per heavy atom. The van der Waals surface area contributed by atoms with Crippen LogP contribution in [0.5, 0.6) is 0 Å². The van der Waals surface area contributed by atoms with E-state index in [4.69, 9.17) is 5.73 Å². The summed E-state index contributed by atoms with van der Waals surface area (Å²) in [5, 5.41) is 5.96. The molecule has 1 atom stereocenters. The fraction of sp³-hybridized carbons (Fsp3) is 0.438. The summed E-state index contributed by atoms with van der Waals surface area (Å²) in [6.45, 7) is 3.06. The average Bonchev–Trinajstić information content (AvgIpc) is 3.01. The van der Waals surface area contributed by atoms with Crippen molar-refractivity contribution < 1.29 is 9.59 Å². The Morgan fingerprint density at radius 3 is 2.39 bits per heavy atom. The third-order valence-corrected chi connectivity index (χ3v) is 4.30. The van der Waals surface area contributed by atoms with Crippen LogP contribution in [0.3, 0.4) is 0 Å². The fourth-order valence-corrected chi connectivity index (χ4v) is 2.87. The number of nitrogens with zero attached hydrogens (tertiary/aromatic N) is 4. The smallest absolute Gasteiger partial charge is 0.270 e. The average molecular weight is 315 g/mol. The van der Waals surface area contributed by atoms with Crippen LogP contribution in [0.25, 0.3) is 0 Å². The van der Waals surface area contributed by atoms with E-state index in [1.54, 1.807) is 9.91 Å². The van der Waals surface area contributed by atoms with Crippen molar-refractivity contribution in [1.82, 2.24) is 9.80 Å². The lowest BCUT2D eigenvalue weighted by molar-refractivity contribution is -0.125. The van der Waals surface area contributed by atoms with Crippen LogP contribution in [-0.4, -0.2) is 66.6 Å². The van der Waals surface area contributed by atoms with Crippen LogP contribution in [0.1, 0.15) is 6.42 Å². The molecule has 2 N–H and O–H groups in total. The van der Waals surface area contributed by atoms with Crippen molar-refractivity contribution in [2.24, 2.45) is 10.8 Å². The van der Waals surface area contributed by atoms with Crippen LogP contribution >= 0.6 is 0 Å². The normalized spacial score (nSPS) is 22.1. The number of amides is 2. The van der Waals surface area contributed by atoms with E-state index in [2.05, 4.69) is 10.0 Å². The first-order valence-electron chi connectivity index (χ1n) is 7.75. The quantitative estimate of drug-likeness (QED) is 0.843. The van der Waals surface area contributed by atoms with Crippen LogP contribution in [0.4, 0.5) is 5.69 Å². The van der Waals surface area contributed by atoms with E-state index in [1.165, 1.54) is 0 Å². The lowest BCUT2D eigenvalue weighted by atomic mass is 10.1. The molecule has 0 aromatic heterocycles. The van der Waals surface area contributed by atoms with E-state index >= 15 is 0 Å². The van der Waals surface area contributed by atoms with Crippen molar-refractivity contribution in [3.05, 3.63) is 30.3 Å². The Hall–Kier alpha value is -2.41. The Bertz CT molecular complexity index is 623. The minimum absolute atomic E-state index is 0.0946. The van der Waals surface area contributed by atoms with E-state index in [0.29, 0.717) is 18.8 Å². The third-order valence-electron chi connectivity index (χ3n) is 4.30. The molecule has 7 heteroatoms. The molecule has 1 unspecified atom stereocenters. The second kappa shape index (κ2) is 6.37. The van der Waals surface area contributed by atoms with Crippen LogP contribution in [0.2, 0.25) is 0 Å². The molecule has 1 saturated heterocycles. The van der Waals surface area contributed by atoms with Gasteiger partial charge in [0.15, 0.2) is 0 Å². The van der Waals surface area contributed by atoms with Gasteiger partial charge in [-0.15, -0.1) is 0 Å². The maximum atomic E-state index is 12.6. The van der Waals surface area contributed by atoms with Crippen molar-refractivity contribution in [1.29, 1.82) is 0 Å². The van der Waals surface area contributed by atoms with Gasteiger partial charge in [0.1, 0.15) is 11.8 Å². The molecule has 2 aliphatic rings. The Balaban J connectivity index is 1.80. The SMILES string of the molecule is CN1CCN(C(=O)C2=NN(c3ccccc3)C(C(N)=O)C2)CC1. The summed E-state index contributed by atoms with van der Waals surface area (Å²) in [5.74, 6) is -0.568. The van der Waals surface area contributed by atoms with Gasteiger partial charge in [0.05, 0.1) is 5.69 Å². The number of rotatable bonds is 3. The van der Waals surface area contributed by atoms with Crippen LogP contribution < -0.4 is 10.7 Å². The zero-order valence-electron chi connectivity index (χ0n) is 13.2. The van der Waals surface area contributed by atoms with Crippen molar-refractivity contribution in [3.8, 4) is 0 Å². The zero-order chi connectivity index (χ0) is 16.4. The van der Waals surface area contributed by atoms with Crippen LogP contribution in [-0.2, 0) is 9.59 Å². The topological polar surface area (TPSA) is 82.2 Å². The molecule has 23 heavy (non-hydrogen) atoms. The maximum absolute atomic E-state index is 12.6. The van der Waals surface area contributed by atoms with Gasteiger partial charge in [-0.05, 0) is 19.2 Å². The largest absolute Gasteiger partial charge is 0.368 e. The summed E-state index contributed by atoms with van der Waals surface area (Å²) >= 11 is 0. The highest BCUT2D eigenvalue weighted by Gasteiger charge is 2.36. The van der Waals surface area contributed by atoms with E-state index in [9.17, 15) is 9.59 Å². The predicted molar refractivity (Wildman–Crippen MR) is 88.0 cm³/mol. The highest BCUT2D eigenvalue weighted by Crippen LogP contribution is 2.25. The highest BCUT2D eigenvalue weighted by molar-refractivity contribution is 6.40. The summed E-state index contributed by atoms with van der Waals surface area (Å²) in [4.78, 5) is 28.4. The number of para-hydroxylation sites is 1. The summed E-state index contributed by atoms with van der Waals surface area (Å²) in [6.07, 6.45) is 0.259. The molecule has 2 amide bonds. The van der Waals surface area contributed by atoms with Gasteiger partial charge in [-0.2, -0.15) is 5.10 Å². The molecule has 3 rings (SSSR count). The Morgan fingerprint density at radius 1 is 1.13 bits per heavy atom. The van der Waals surface area contributed by atoms with Gasteiger partial charge in [0.2, 0.25) is 5.91 Å². The standard InChI is InChI=1S/C16H21N5O2/c1-19-7-9-20(10-8-19)16(23)13-11-14(15(17)22)21(18-13)12-5-3-2-4-6-12/h2-6,14H,7-11H2,1H3,(H2,17,22). The fourth-order valence-electron chi connectivity index (χ4n) is 2.87. The molecular weight excluding hydrogens is 294 g/mol. The number of nitrogens with two attached hydrogens (primary N) is 1. The number of carbonyl (C=O) groups is 2. The Kier molecular flexibility index (Phi) is 4.29. The first kappa shape index (κ1) is 15.5. The van der Waals surface area contributed by atoms with Gasteiger partial charge in [0.25, 0.3) is 5.91 Å². The number of primary amides is 1. The lowest BCUT2D eigenvalue weighted by Crippen LogP contribution is -2.49. The molecule has 0 bridgehead atoms. The molecule has 1 aromatic carbocycles. The van der Waals surface area contributed by atoms with E-state index in [-0.39, 0.29) is 12.3 Å². The number of likely N-dealkylation sites (N-methyl/N-ethyl adjacent to an activating group) is 1. The van der Waals surface area contributed by atoms with Crippen LogP contribution in [0, 0.1) is 0 Å². The molecule has 1 aromatic rings. The monoisotopic (exact) mass is 315 g/mol. The highest BCUT2D eigenvalue weighted by atomic mass is 16.2. The number of hydrazone groups is 1. The molecule has 122 valence electrons. The molecule has 2 heterocycles. The summed E-state index contributed by atoms with van der Waals surface area (Å²) in [7, 11) is 2.04. The first-order valence-corrected chi connectivity index (χ1v) is 7.75. The van der Waals surface area contributed by atoms with E-state index in [0.717, 1.165) is 18.8 Å². The summed E-state index contributed by atoms with van der Waals surface area (Å²) in [6, 6.07) is 8.71. The second-order valence-electron chi connectivity index (χ2n) is 5.94. The van der Waals surface area contributed by atoms with E-state index < -0.39 is 11.9 Å². The second-order valence-corrected chi connectivity index (χ2v) is 5.94. The summed E-state index contributed by atoms with van der Waals surface area (Å²) < 4.78 is 0. The van der Waals surface area contributed by atoms with Gasteiger partial charge in [0, 0.05) is 32.6 Å². The van der Waals surface area contributed by atoms with Gasteiger partial charge in [-0.3, -0.25) is 14.6 Å². The molecule has 1 fully saturated rings. The number of anilines is 1. The van der Waals surface area contributed by atoms with Gasteiger partial charge < -0.3 is 15.5 Å². The maximum Gasteiger partial charge on any atom is 0.270 e. The van der Waals surface area contributed by atoms with Gasteiger partial charge in [-0.1, -0.05) is 18.2 Å². The predicted octanol–water partition coefficient (Wildman–Crippen LogP) is -0.119. The van der Waals surface area contributed by atoms with Crippen LogP contribution in [0.15, 0.2) is 35.4 Å². The molecular formula is C16H21N5O2. The molecule has 0 radical (unpaired) electrons. The molecule has 2 aliphatic heterocycles. The molecule has 0 spiro atoms. The van der Waals surface area contributed by atoms with Crippen molar-refractivity contribution in [3.63, 3.8) is 0 Å². The van der Waals surface area contributed by atoms with Crippen molar-refractivity contribution in [2.45, 2.75) is 12.5 Å².